The third kappa shape index (κ3) is 3.41. The van der Waals surface area contributed by atoms with Crippen LogP contribution in [0.1, 0.15) is 28.8 Å². The summed E-state index contributed by atoms with van der Waals surface area (Å²) in [5.74, 6) is 0.853. The van der Waals surface area contributed by atoms with Crippen LogP contribution in [0.4, 0.5) is 0 Å². The Labute approximate surface area is 140 Å². The lowest BCUT2D eigenvalue weighted by Crippen LogP contribution is -2.44. The summed E-state index contributed by atoms with van der Waals surface area (Å²) < 4.78 is 11.1. The molecule has 3 rings (SSSR count). The van der Waals surface area contributed by atoms with Gasteiger partial charge >= 0.3 is 0 Å². The summed E-state index contributed by atoms with van der Waals surface area (Å²) in [7, 11) is 1.69. The Balaban J connectivity index is 1.83. The third-order valence-electron chi connectivity index (χ3n) is 4.50. The maximum absolute atomic E-state index is 12.3. The minimum absolute atomic E-state index is 0.0213. The van der Waals surface area contributed by atoms with Crippen molar-refractivity contribution in [3.05, 3.63) is 52.2 Å². The molecule has 0 spiro atoms. The van der Waals surface area contributed by atoms with E-state index in [1.807, 2.05) is 35.0 Å². The monoisotopic (exact) mass is 331 g/mol. The zero-order valence-corrected chi connectivity index (χ0v) is 14.0. The number of thiophene rings is 1. The van der Waals surface area contributed by atoms with E-state index in [0.717, 1.165) is 29.7 Å². The molecule has 1 N–H and O–H groups in total. The number of nitrogens with one attached hydrogen (secondary N) is 1. The zero-order chi connectivity index (χ0) is 16.1. The number of benzene rings is 1. The molecule has 2 aromatic rings. The number of amides is 1. The highest BCUT2D eigenvalue weighted by atomic mass is 32.1. The predicted molar refractivity (Wildman–Crippen MR) is 91.4 cm³/mol. The topological polar surface area (TPSA) is 47.6 Å². The van der Waals surface area contributed by atoms with Gasteiger partial charge < -0.3 is 14.8 Å². The normalized spacial score (nSPS) is 16.7. The van der Waals surface area contributed by atoms with Crippen LogP contribution in [0.15, 0.2) is 41.1 Å². The lowest BCUT2D eigenvalue weighted by atomic mass is 9.73. The molecule has 2 heterocycles. The van der Waals surface area contributed by atoms with Crippen molar-refractivity contribution in [2.75, 3.05) is 26.9 Å². The van der Waals surface area contributed by atoms with Gasteiger partial charge in [-0.25, -0.2) is 0 Å². The first-order valence-electron chi connectivity index (χ1n) is 7.77. The van der Waals surface area contributed by atoms with Gasteiger partial charge in [0.05, 0.1) is 7.11 Å². The molecule has 4 nitrogen and oxygen atoms in total. The zero-order valence-electron chi connectivity index (χ0n) is 13.2. The van der Waals surface area contributed by atoms with E-state index in [0.29, 0.717) is 19.8 Å². The lowest BCUT2D eigenvalue weighted by Gasteiger charge is -2.38. The molecule has 1 saturated heterocycles. The number of carbonyl (C=O) groups excluding carboxylic acids is 1. The van der Waals surface area contributed by atoms with Crippen molar-refractivity contribution in [1.82, 2.24) is 5.32 Å². The Morgan fingerprint density at radius 2 is 2.09 bits per heavy atom. The van der Waals surface area contributed by atoms with Gasteiger partial charge in [0.1, 0.15) is 5.75 Å². The van der Waals surface area contributed by atoms with E-state index in [1.54, 1.807) is 7.11 Å². The molecule has 0 saturated carbocycles. The number of rotatable bonds is 5. The molecule has 1 aliphatic rings. The molecule has 0 aliphatic carbocycles. The average Bonchev–Trinajstić information content (AvgIpc) is 3.15. The summed E-state index contributed by atoms with van der Waals surface area (Å²) in [5, 5.41) is 6.89. The molecule has 0 radical (unpaired) electrons. The lowest BCUT2D eigenvalue weighted by molar-refractivity contribution is 0.0479. The van der Waals surface area contributed by atoms with Crippen LogP contribution >= 0.6 is 11.3 Å². The molecule has 0 unspecified atom stereocenters. The Morgan fingerprint density at radius 1 is 1.30 bits per heavy atom. The summed E-state index contributed by atoms with van der Waals surface area (Å²) in [5.41, 5.74) is 1.73. The molecule has 1 aliphatic heterocycles. The molecular weight excluding hydrogens is 310 g/mol. The first-order valence-corrected chi connectivity index (χ1v) is 8.71. The first-order chi connectivity index (χ1) is 11.2. The molecule has 0 bridgehead atoms. The average molecular weight is 331 g/mol. The maximum Gasteiger partial charge on any atom is 0.252 e. The molecule has 23 heavy (non-hydrogen) atoms. The largest absolute Gasteiger partial charge is 0.496 e. The Morgan fingerprint density at radius 3 is 2.78 bits per heavy atom. The smallest absolute Gasteiger partial charge is 0.252 e. The molecule has 5 heteroatoms. The van der Waals surface area contributed by atoms with E-state index >= 15 is 0 Å². The van der Waals surface area contributed by atoms with Crippen LogP contribution in [0.5, 0.6) is 5.75 Å². The summed E-state index contributed by atoms with van der Waals surface area (Å²) in [6, 6.07) is 9.92. The number of carbonyl (C=O) groups is 1. The second-order valence-electron chi connectivity index (χ2n) is 5.79. The SMILES string of the molecule is COc1ccccc1C1(CNC(=O)c2ccsc2)CCOCC1. The number of methoxy groups -OCH3 is 1. The number of hydrogen-bond acceptors (Lipinski definition) is 4. The summed E-state index contributed by atoms with van der Waals surface area (Å²) >= 11 is 1.53. The van der Waals surface area contributed by atoms with Crippen molar-refractivity contribution < 1.29 is 14.3 Å². The summed E-state index contributed by atoms with van der Waals surface area (Å²) in [6.07, 6.45) is 1.74. The third-order valence-corrected chi connectivity index (χ3v) is 5.18. The fourth-order valence-electron chi connectivity index (χ4n) is 3.13. The number of para-hydroxylation sites is 1. The molecule has 1 aromatic heterocycles. The molecule has 1 aromatic carbocycles. The van der Waals surface area contributed by atoms with Crippen molar-refractivity contribution in [2.45, 2.75) is 18.3 Å². The Bertz CT molecular complexity index is 648. The van der Waals surface area contributed by atoms with Gasteiger partial charge in [-0.2, -0.15) is 11.3 Å². The number of ether oxygens (including phenoxy) is 2. The van der Waals surface area contributed by atoms with Crippen LogP contribution in [0, 0.1) is 0 Å². The molecule has 1 fully saturated rings. The molecule has 122 valence electrons. The summed E-state index contributed by atoms with van der Waals surface area (Å²) in [4.78, 5) is 12.3. The van der Waals surface area contributed by atoms with Crippen molar-refractivity contribution in [2.24, 2.45) is 0 Å². The second kappa shape index (κ2) is 7.15. The fraction of sp³-hybridized carbons (Fsp3) is 0.389. The van der Waals surface area contributed by atoms with Gasteiger partial charge in [-0.3, -0.25) is 4.79 Å². The van der Waals surface area contributed by atoms with Gasteiger partial charge in [0.15, 0.2) is 0 Å². The summed E-state index contributed by atoms with van der Waals surface area (Å²) in [6.45, 7) is 1.99. The Kier molecular flexibility index (Phi) is 4.98. The minimum atomic E-state index is -0.142. The quantitative estimate of drug-likeness (QED) is 0.915. The van der Waals surface area contributed by atoms with Gasteiger partial charge in [0.2, 0.25) is 0 Å². The van der Waals surface area contributed by atoms with E-state index in [2.05, 4.69) is 11.4 Å². The van der Waals surface area contributed by atoms with Crippen molar-refractivity contribution >= 4 is 17.2 Å². The van der Waals surface area contributed by atoms with Gasteiger partial charge in [-0.05, 0) is 30.4 Å². The minimum Gasteiger partial charge on any atom is -0.496 e. The number of hydrogen-bond donors (Lipinski definition) is 1. The van der Waals surface area contributed by atoms with Crippen molar-refractivity contribution in [1.29, 1.82) is 0 Å². The van der Waals surface area contributed by atoms with Gasteiger partial charge in [0, 0.05) is 41.7 Å². The van der Waals surface area contributed by atoms with Crippen molar-refractivity contribution in [3.63, 3.8) is 0 Å². The van der Waals surface area contributed by atoms with Crippen LogP contribution in [-0.4, -0.2) is 32.8 Å². The molecule has 1 amide bonds. The Hall–Kier alpha value is -1.85. The van der Waals surface area contributed by atoms with Crippen LogP contribution < -0.4 is 10.1 Å². The maximum atomic E-state index is 12.3. The predicted octanol–water partition coefficient (Wildman–Crippen LogP) is 3.23. The van der Waals surface area contributed by atoms with Crippen LogP contribution in [-0.2, 0) is 10.2 Å². The van der Waals surface area contributed by atoms with Gasteiger partial charge in [0.25, 0.3) is 5.91 Å². The van der Waals surface area contributed by atoms with Gasteiger partial charge in [-0.1, -0.05) is 18.2 Å². The van der Waals surface area contributed by atoms with E-state index in [1.165, 1.54) is 11.3 Å². The molecule has 0 atom stereocenters. The molecular formula is C18H21NO3S. The van der Waals surface area contributed by atoms with E-state index in [-0.39, 0.29) is 11.3 Å². The van der Waals surface area contributed by atoms with E-state index in [4.69, 9.17) is 9.47 Å². The second-order valence-corrected chi connectivity index (χ2v) is 6.57. The standard InChI is InChI=1S/C18H21NO3S/c1-21-16-5-3-2-4-15(16)18(7-9-22-10-8-18)13-19-17(20)14-6-11-23-12-14/h2-6,11-12H,7-10,13H2,1H3,(H,19,20). The van der Waals surface area contributed by atoms with Gasteiger partial charge in [-0.15, -0.1) is 0 Å². The highest BCUT2D eigenvalue weighted by molar-refractivity contribution is 7.08. The first kappa shape index (κ1) is 16.0. The highest BCUT2D eigenvalue weighted by Gasteiger charge is 2.37. The van der Waals surface area contributed by atoms with Crippen LogP contribution in [0.2, 0.25) is 0 Å². The van der Waals surface area contributed by atoms with Crippen molar-refractivity contribution in [3.8, 4) is 5.75 Å². The highest BCUT2D eigenvalue weighted by Crippen LogP contribution is 2.39. The van der Waals surface area contributed by atoms with Crippen LogP contribution in [0.3, 0.4) is 0 Å². The van der Waals surface area contributed by atoms with Crippen LogP contribution in [0.25, 0.3) is 0 Å². The van der Waals surface area contributed by atoms with E-state index in [9.17, 15) is 4.79 Å². The fourth-order valence-corrected chi connectivity index (χ4v) is 3.77. The van der Waals surface area contributed by atoms with E-state index < -0.39 is 0 Å².